The van der Waals surface area contributed by atoms with E-state index in [1.807, 2.05) is 0 Å². The van der Waals surface area contributed by atoms with Crippen molar-refractivity contribution >= 4 is 27.4 Å². The van der Waals surface area contributed by atoms with Crippen LogP contribution in [0.2, 0.25) is 0 Å². The summed E-state index contributed by atoms with van der Waals surface area (Å²) in [5.41, 5.74) is -3.69. The van der Waals surface area contributed by atoms with E-state index in [1.165, 1.54) is 0 Å². The van der Waals surface area contributed by atoms with Gasteiger partial charge >= 0.3 is 6.18 Å². The number of nitro groups is 1. The van der Waals surface area contributed by atoms with Crippen LogP contribution in [0.3, 0.4) is 0 Å². The van der Waals surface area contributed by atoms with Crippen molar-refractivity contribution in [3.8, 4) is 5.69 Å². The first-order valence-electron chi connectivity index (χ1n) is 6.41. The monoisotopic (exact) mass is 420 g/mol. The Morgan fingerprint density at radius 3 is 2.52 bits per heavy atom. The van der Waals surface area contributed by atoms with Gasteiger partial charge in [0.25, 0.3) is 11.2 Å². The SMILES string of the molecule is O=c1cc(C(F)(F)F)n2ccnc2n1-c1cc([N+](=O)[O-])c(Br)cc1F. The quantitative estimate of drug-likeness (QED) is 0.361. The van der Waals surface area contributed by atoms with E-state index in [9.17, 15) is 32.5 Å². The number of nitro benzene ring substituents is 1. The minimum atomic E-state index is -4.85. The average Bonchev–Trinajstić information content (AvgIpc) is 2.95. The first-order chi connectivity index (χ1) is 11.6. The molecule has 2 aromatic heterocycles. The molecule has 12 heteroatoms. The molecule has 0 aliphatic rings. The lowest BCUT2D eigenvalue weighted by Gasteiger charge is -2.14. The number of halogens is 5. The van der Waals surface area contributed by atoms with Crippen LogP contribution in [0.4, 0.5) is 23.2 Å². The predicted octanol–water partition coefficient (Wildman–Crippen LogP) is 3.31. The van der Waals surface area contributed by atoms with Gasteiger partial charge in [0.1, 0.15) is 11.5 Å². The van der Waals surface area contributed by atoms with Crippen LogP contribution in [-0.2, 0) is 6.18 Å². The smallest absolute Gasteiger partial charge is 0.280 e. The summed E-state index contributed by atoms with van der Waals surface area (Å²) in [5, 5.41) is 11.0. The first kappa shape index (κ1) is 17.1. The Hall–Kier alpha value is -2.76. The third-order valence-electron chi connectivity index (χ3n) is 3.31. The third-order valence-corrected chi connectivity index (χ3v) is 3.94. The van der Waals surface area contributed by atoms with Crippen LogP contribution in [0.15, 0.2) is 39.9 Å². The molecule has 0 bridgehead atoms. The molecule has 0 saturated carbocycles. The highest BCUT2D eigenvalue weighted by atomic mass is 79.9. The zero-order valence-corrected chi connectivity index (χ0v) is 13.4. The van der Waals surface area contributed by atoms with Crippen LogP contribution in [0.1, 0.15) is 5.69 Å². The molecule has 25 heavy (non-hydrogen) atoms. The predicted molar refractivity (Wildman–Crippen MR) is 80.1 cm³/mol. The second-order valence-electron chi connectivity index (χ2n) is 4.81. The topological polar surface area (TPSA) is 82.4 Å². The third kappa shape index (κ3) is 2.77. The number of hydrogen-bond donors (Lipinski definition) is 0. The maximum atomic E-state index is 14.3. The number of imidazole rings is 1. The molecule has 3 rings (SSSR count). The van der Waals surface area contributed by atoms with Gasteiger partial charge in [0.15, 0.2) is 0 Å². The molecule has 0 fully saturated rings. The number of rotatable bonds is 2. The minimum Gasteiger partial charge on any atom is -0.280 e. The molecule has 0 radical (unpaired) electrons. The molecule has 0 aliphatic carbocycles. The summed E-state index contributed by atoms with van der Waals surface area (Å²) in [7, 11) is 0. The van der Waals surface area contributed by atoms with Gasteiger partial charge in [0.2, 0.25) is 5.78 Å². The zero-order valence-electron chi connectivity index (χ0n) is 11.8. The summed E-state index contributed by atoms with van der Waals surface area (Å²) in [6, 6.07) is 1.75. The molecule has 0 N–H and O–H groups in total. The second kappa shape index (κ2) is 5.65. The maximum absolute atomic E-state index is 14.3. The molecule has 0 spiro atoms. The highest BCUT2D eigenvalue weighted by molar-refractivity contribution is 9.10. The van der Waals surface area contributed by atoms with E-state index in [1.54, 1.807) is 0 Å². The molecule has 130 valence electrons. The largest absolute Gasteiger partial charge is 0.432 e. The highest BCUT2D eigenvalue weighted by Crippen LogP contribution is 2.32. The molecular weight excluding hydrogens is 416 g/mol. The molecule has 0 unspecified atom stereocenters. The van der Waals surface area contributed by atoms with Crippen molar-refractivity contribution in [3.63, 3.8) is 0 Å². The number of nitrogens with zero attached hydrogens (tertiary/aromatic N) is 4. The Balaban J connectivity index is 2.41. The summed E-state index contributed by atoms with van der Waals surface area (Å²) < 4.78 is 54.3. The van der Waals surface area contributed by atoms with E-state index in [4.69, 9.17) is 0 Å². The summed E-state index contributed by atoms with van der Waals surface area (Å²) in [6.45, 7) is 0. The van der Waals surface area contributed by atoms with E-state index in [-0.39, 0.29) is 10.5 Å². The van der Waals surface area contributed by atoms with Gasteiger partial charge in [-0.2, -0.15) is 13.2 Å². The average molecular weight is 421 g/mol. The fraction of sp³-hybridized carbons (Fsp3) is 0.0769. The molecular formula is C13H5BrF4N4O3. The van der Waals surface area contributed by atoms with Crippen LogP contribution in [0, 0.1) is 15.9 Å². The van der Waals surface area contributed by atoms with Crippen molar-refractivity contribution in [1.82, 2.24) is 14.0 Å². The molecule has 7 nitrogen and oxygen atoms in total. The zero-order chi connectivity index (χ0) is 18.5. The van der Waals surface area contributed by atoms with Crippen molar-refractivity contribution in [3.05, 3.63) is 67.0 Å². The van der Waals surface area contributed by atoms with Gasteiger partial charge in [0, 0.05) is 24.5 Å². The summed E-state index contributed by atoms with van der Waals surface area (Å²) in [6.07, 6.45) is -2.91. The Bertz CT molecular complexity index is 1070. The molecule has 0 atom stereocenters. The van der Waals surface area contributed by atoms with Crippen molar-refractivity contribution in [1.29, 1.82) is 0 Å². The normalized spacial score (nSPS) is 11.9. The van der Waals surface area contributed by atoms with Gasteiger partial charge in [0.05, 0.1) is 15.1 Å². The van der Waals surface area contributed by atoms with E-state index in [0.29, 0.717) is 8.97 Å². The Morgan fingerprint density at radius 1 is 1.24 bits per heavy atom. The van der Waals surface area contributed by atoms with Crippen LogP contribution in [0.25, 0.3) is 11.5 Å². The molecule has 3 aromatic rings. The molecule has 2 heterocycles. The van der Waals surface area contributed by atoms with Crippen molar-refractivity contribution in [2.45, 2.75) is 6.18 Å². The summed E-state index contributed by atoms with van der Waals surface area (Å²) in [4.78, 5) is 26.0. The molecule has 0 aliphatic heterocycles. The molecule has 1 aromatic carbocycles. The van der Waals surface area contributed by atoms with E-state index >= 15 is 0 Å². The lowest BCUT2D eigenvalue weighted by molar-refractivity contribution is -0.385. The van der Waals surface area contributed by atoms with E-state index in [2.05, 4.69) is 20.9 Å². The summed E-state index contributed by atoms with van der Waals surface area (Å²) >= 11 is 2.81. The molecule has 0 saturated heterocycles. The number of benzene rings is 1. The standard InChI is InChI=1S/C13H5BrF4N4O3/c14-6-3-7(15)9(4-8(6)22(24)25)21-11(23)5-10(13(16,17)18)20-2-1-19-12(20)21/h1-5H. The number of aromatic nitrogens is 3. The van der Waals surface area contributed by atoms with Gasteiger partial charge in [-0.25, -0.2) is 13.9 Å². The maximum Gasteiger partial charge on any atom is 0.432 e. The number of alkyl halides is 3. The second-order valence-corrected chi connectivity index (χ2v) is 5.66. The minimum absolute atomic E-state index is 0.182. The summed E-state index contributed by atoms with van der Waals surface area (Å²) in [5.74, 6) is -1.58. The molecule has 0 amide bonds. The van der Waals surface area contributed by atoms with E-state index < -0.39 is 45.3 Å². The first-order valence-corrected chi connectivity index (χ1v) is 7.20. The Labute approximate surface area is 143 Å². The fourth-order valence-corrected chi connectivity index (χ4v) is 2.74. The van der Waals surface area contributed by atoms with Crippen molar-refractivity contribution in [2.75, 3.05) is 0 Å². The van der Waals surface area contributed by atoms with E-state index in [0.717, 1.165) is 24.5 Å². The number of hydrogen-bond acceptors (Lipinski definition) is 4. The lowest BCUT2D eigenvalue weighted by Crippen LogP contribution is -2.26. The van der Waals surface area contributed by atoms with Gasteiger partial charge in [-0.05, 0) is 22.0 Å². The van der Waals surface area contributed by atoms with Gasteiger partial charge in [-0.1, -0.05) is 0 Å². The van der Waals surface area contributed by atoms with Gasteiger partial charge in [-0.15, -0.1) is 0 Å². The Kier molecular flexibility index (Phi) is 3.86. The van der Waals surface area contributed by atoms with Gasteiger partial charge < -0.3 is 0 Å². The van der Waals surface area contributed by atoms with Crippen molar-refractivity contribution in [2.24, 2.45) is 0 Å². The highest BCUT2D eigenvalue weighted by Gasteiger charge is 2.35. The fourth-order valence-electron chi connectivity index (χ4n) is 2.28. The Morgan fingerprint density at radius 2 is 1.92 bits per heavy atom. The van der Waals surface area contributed by atoms with Gasteiger partial charge in [-0.3, -0.25) is 19.3 Å². The van der Waals surface area contributed by atoms with Crippen LogP contribution >= 0.6 is 15.9 Å². The lowest BCUT2D eigenvalue weighted by atomic mass is 10.2. The van der Waals surface area contributed by atoms with Crippen LogP contribution in [0.5, 0.6) is 0 Å². The van der Waals surface area contributed by atoms with Crippen LogP contribution in [-0.4, -0.2) is 18.9 Å². The number of fused-ring (bicyclic) bond motifs is 1. The van der Waals surface area contributed by atoms with Crippen molar-refractivity contribution < 1.29 is 22.5 Å². The van der Waals surface area contributed by atoms with Crippen LogP contribution < -0.4 is 5.56 Å².